The second kappa shape index (κ2) is 10.3. The van der Waals surface area contributed by atoms with Crippen molar-refractivity contribution in [1.29, 1.82) is 0 Å². The Morgan fingerprint density at radius 3 is 2.48 bits per heavy atom. The van der Waals surface area contributed by atoms with Gasteiger partial charge in [-0.15, -0.1) is 0 Å². The summed E-state index contributed by atoms with van der Waals surface area (Å²) in [6.45, 7) is 1.93. The van der Waals surface area contributed by atoms with Crippen LogP contribution in [0.1, 0.15) is 58.3 Å². The van der Waals surface area contributed by atoms with Gasteiger partial charge in [-0.2, -0.15) is 13.2 Å². The van der Waals surface area contributed by atoms with Crippen molar-refractivity contribution in [2.75, 3.05) is 13.7 Å². The summed E-state index contributed by atoms with van der Waals surface area (Å²) >= 11 is 0. The minimum atomic E-state index is -4.56. The topological polar surface area (TPSA) is 64.6 Å². The molecule has 4 unspecified atom stereocenters. The molecule has 2 aliphatic carbocycles. The van der Waals surface area contributed by atoms with E-state index in [1.165, 1.54) is 13.2 Å². The van der Waals surface area contributed by atoms with Crippen LogP contribution in [-0.4, -0.2) is 49.7 Å². The number of allylic oxidation sites excluding steroid dienone is 3. The second-order valence-corrected chi connectivity index (χ2v) is 8.71. The van der Waals surface area contributed by atoms with Gasteiger partial charge in [0.05, 0.1) is 24.9 Å². The first-order chi connectivity index (χ1) is 14.8. The van der Waals surface area contributed by atoms with Crippen LogP contribution in [0, 0.1) is 11.8 Å². The smallest absolute Gasteiger partial charge is 0.380 e. The van der Waals surface area contributed by atoms with Gasteiger partial charge in [-0.05, 0) is 31.3 Å². The third kappa shape index (κ3) is 5.58. The molecule has 0 aromatic heterocycles. The van der Waals surface area contributed by atoms with Gasteiger partial charge in [0.2, 0.25) is 0 Å². The fourth-order valence-corrected chi connectivity index (χ4v) is 4.97. The van der Waals surface area contributed by atoms with Gasteiger partial charge in [0.25, 0.3) is 0 Å². The van der Waals surface area contributed by atoms with E-state index in [9.17, 15) is 22.8 Å². The van der Waals surface area contributed by atoms with Crippen LogP contribution in [0.3, 0.4) is 0 Å². The van der Waals surface area contributed by atoms with Crippen molar-refractivity contribution in [3.8, 4) is 0 Å². The molecule has 1 N–H and O–H groups in total. The average Bonchev–Trinajstić information content (AvgIpc) is 2.76. The molecule has 0 aromatic rings. The molecular formula is C23H32F3NO4. The van der Waals surface area contributed by atoms with Crippen LogP contribution in [0.15, 0.2) is 23.4 Å². The molecule has 1 heterocycles. The highest BCUT2D eigenvalue weighted by atomic mass is 19.4. The van der Waals surface area contributed by atoms with Gasteiger partial charge in [-0.25, -0.2) is 0 Å². The minimum Gasteiger partial charge on any atom is -0.380 e. The highest BCUT2D eigenvalue weighted by molar-refractivity contribution is 6.12. The summed E-state index contributed by atoms with van der Waals surface area (Å²) in [6.07, 6.45) is 3.56. The molecule has 2 saturated carbocycles. The van der Waals surface area contributed by atoms with Crippen molar-refractivity contribution in [2.24, 2.45) is 11.8 Å². The summed E-state index contributed by atoms with van der Waals surface area (Å²) in [5.74, 6) is -1.60. The van der Waals surface area contributed by atoms with Crippen molar-refractivity contribution >= 4 is 11.6 Å². The van der Waals surface area contributed by atoms with Crippen molar-refractivity contribution in [2.45, 2.75) is 82.7 Å². The van der Waals surface area contributed by atoms with Crippen LogP contribution in [0.2, 0.25) is 0 Å². The standard InChI is InChI=1S/C23H32F3NO4/c1-3-14-9-11-18(28)20(22(14)30-2)21(29)16-10-12-19(23(24,25)26)27-17(16)13-31-15-7-5-4-6-8-15/h10,12,14-15,17,20,22,27H,3-9,11,13H2,1-2H3. The van der Waals surface area contributed by atoms with Gasteiger partial charge in [-0.3, -0.25) is 9.59 Å². The maximum absolute atomic E-state index is 13.4. The van der Waals surface area contributed by atoms with E-state index in [1.807, 2.05) is 6.92 Å². The van der Waals surface area contributed by atoms with E-state index in [0.717, 1.165) is 44.6 Å². The van der Waals surface area contributed by atoms with Gasteiger partial charge in [-0.1, -0.05) is 38.7 Å². The molecule has 1 aliphatic heterocycles. The first-order valence-electron chi connectivity index (χ1n) is 11.2. The molecule has 0 amide bonds. The number of Topliss-reactive ketones (excluding diaryl/α,β-unsaturated/α-hetero) is 2. The predicted molar refractivity (Wildman–Crippen MR) is 109 cm³/mol. The van der Waals surface area contributed by atoms with E-state index in [2.05, 4.69) is 5.32 Å². The van der Waals surface area contributed by atoms with Crippen LogP contribution >= 0.6 is 0 Å². The summed E-state index contributed by atoms with van der Waals surface area (Å²) in [7, 11) is 1.48. The quantitative estimate of drug-likeness (QED) is 0.596. The molecule has 0 radical (unpaired) electrons. The van der Waals surface area contributed by atoms with E-state index in [1.54, 1.807) is 0 Å². The van der Waals surface area contributed by atoms with Crippen LogP contribution < -0.4 is 5.32 Å². The van der Waals surface area contributed by atoms with Crippen LogP contribution in [0.5, 0.6) is 0 Å². The normalized spacial score (nSPS) is 30.4. The first-order valence-corrected chi connectivity index (χ1v) is 11.2. The second-order valence-electron chi connectivity index (χ2n) is 8.71. The number of alkyl halides is 3. The lowest BCUT2D eigenvalue weighted by molar-refractivity contribution is -0.143. The van der Waals surface area contributed by atoms with Gasteiger partial charge in [0, 0.05) is 19.1 Å². The Bertz CT molecular complexity index is 725. The molecule has 8 heteroatoms. The van der Waals surface area contributed by atoms with E-state index in [0.29, 0.717) is 6.42 Å². The number of ketones is 2. The molecule has 5 nitrogen and oxygen atoms in total. The molecule has 0 saturated heterocycles. The Morgan fingerprint density at radius 2 is 1.87 bits per heavy atom. The zero-order chi connectivity index (χ0) is 22.6. The lowest BCUT2D eigenvalue weighted by atomic mass is 9.72. The van der Waals surface area contributed by atoms with E-state index in [4.69, 9.17) is 9.47 Å². The van der Waals surface area contributed by atoms with Crippen molar-refractivity contribution in [3.63, 3.8) is 0 Å². The Hall–Kier alpha value is -1.67. The van der Waals surface area contributed by atoms with Gasteiger partial charge in [0.1, 0.15) is 17.4 Å². The third-order valence-electron chi connectivity index (χ3n) is 6.76. The zero-order valence-electron chi connectivity index (χ0n) is 18.2. The monoisotopic (exact) mass is 443 g/mol. The molecular weight excluding hydrogens is 411 g/mol. The lowest BCUT2D eigenvalue weighted by Gasteiger charge is -2.37. The van der Waals surface area contributed by atoms with Gasteiger partial charge < -0.3 is 14.8 Å². The zero-order valence-corrected chi connectivity index (χ0v) is 18.2. The van der Waals surface area contributed by atoms with E-state index >= 15 is 0 Å². The highest BCUT2D eigenvalue weighted by Crippen LogP contribution is 2.35. The fraction of sp³-hybridized carbons (Fsp3) is 0.739. The number of carbonyl (C=O) groups is 2. The van der Waals surface area contributed by atoms with Gasteiger partial charge >= 0.3 is 6.18 Å². The number of halogens is 3. The number of dihydropyridines is 1. The molecule has 174 valence electrons. The summed E-state index contributed by atoms with van der Waals surface area (Å²) in [5.41, 5.74) is -0.757. The molecule has 0 bridgehead atoms. The predicted octanol–water partition coefficient (Wildman–Crippen LogP) is 4.27. The summed E-state index contributed by atoms with van der Waals surface area (Å²) in [6, 6.07) is -0.955. The maximum atomic E-state index is 13.4. The Kier molecular flexibility index (Phi) is 7.97. The lowest BCUT2D eigenvalue weighted by Crippen LogP contribution is -2.50. The number of ether oxygens (including phenoxy) is 2. The molecule has 0 aromatic carbocycles. The molecule has 0 spiro atoms. The summed E-state index contributed by atoms with van der Waals surface area (Å²) in [4.78, 5) is 26.1. The van der Waals surface area contributed by atoms with Gasteiger partial charge in [0.15, 0.2) is 5.78 Å². The van der Waals surface area contributed by atoms with Crippen molar-refractivity contribution in [1.82, 2.24) is 5.32 Å². The average molecular weight is 444 g/mol. The fourth-order valence-electron chi connectivity index (χ4n) is 4.97. The van der Waals surface area contributed by atoms with E-state index < -0.39 is 35.7 Å². The maximum Gasteiger partial charge on any atom is 0.430 e. The third-order valence-corrected chi connectivity index (χ3v) is 6.76. The number of hydrogen-bond acceptors (Lipinski definition) is 5. The molecule has 3 rings (SSSR count). The SMILES string of the molecule is CCC1CCC(=O)C(C(=O)C2=CC=C(C(F)(F)F)NC2COC2CCCCC2)C1OC. The van der Waals surface area contributed by atoms with Crippen molar-refractivity contribution < 1.29 is 32.2 Å². The molecule has 31 heavy (non-hydrogen) atoms. The molecule has 4 atom stereocenters. The Labute approximate surface area is 181 Å². The van der Waals surface area contributed by atoms with Crippen LogP contribution in [0.4, 0.5) is 13.2 Å². The molecule has 2 fully saturated rings. The summed E-state index contributed by atoms with van der Waals surface area (Å²) in [5, 5.41) is 2.45. The number of hydrogen-bond donors (Lipinski definition) is 1. The Morgan fingerprint density at radius 1 is 1.16 bits per heavy atom. The first kappa shape index (κ1) is 24.0. The summed E-state index contributed by atoms with van der Waals surface area (Å²) < 4.78 is 51.4. The van der Waals surface area contributed by atoms with Crippen LogP contribution in [-0.2, 0) is 19.1 Å². The highest BCUT2D eigenvalue weighted by Gasteiger charge is 2.46. The number of methoxy groups -OCH3 is 1. The van der Waals surface area contributed by atoms with Crippen LogP contribution in [0.25, 0.3) is 0 Å². The number of rotatable bonds is 7. The number of nitrogens with one attached hydrogen (secondary N) is 1. The van der Waals surface area contributed by atoms with E-state index in [-0.39, 0.29) is 36.4 Å². The molecule has 3 aliphatic rings. The Balaban J connectivity index is 1.84. The van der Waals surface area contributed by atoms with Crippen molar-refractivity contribution in [3.05, 3.63) is 23.4 Å². The number of carbonyl (C=O) groups excluding carboxylic acids is 2. The minimum absolute atomic E-state index is 0.0142. The largest absolute Gasteiger partial charge is 0.430 e.